The molecule has 86 valence electrons. The molecule has 0 aliphatic heterocycles. The van der Waals surface area contributed by atoms with Crippen molar-refractivity contribution >= 4 is 11.1 Å². The van der Waals surface area contributed by atoms with Crippen molar-refractivity contribution in [3.63, 3.8) is 0 Å². The maximum Gasteiger partial charge on any atom is 0.200 e. The second-order valence-corrected chi connectivity index (χ2v) is 4.43. The highest BCUT2D eigenvalue weighted by Crippen LogP contribution is 2.26. The number of nitrogens with zero attached hydrogens (tertiary/aromatic N) is 1. The lowest BCUT2D eigenvalue weighted by Gasteiger charge is -2.16. The van der Waals surface area contributed by atoms with Gasteiger partial charge in [0.1, 0.15) is 5.52 Å². The summed E-state index contributed by atoms with van der Waals surface area (Å²) < 4.78 is 5.79. The molecule has 0 fully saturated rings. The third kappa shape index (κ3) is 2.09. The summed E-state index contributed by atoms with van der Waals surface area (Å²) in [7, 11) is 1.96. The lowest BCUT2D eigenvalue weighted by Crippen LogP contribution is -2.21. The first-order chi connectivity index (χ1) is 7.72. The Labute approximate surface area is 95.9 Å². The van der Waals surface area contributed by atoms with Gasteiger partial charge in [-0.3, -0.25) is 0 Å². The Morgan fingerprint density at radius 1 is 1.31 bits per heavy atom. The molecule has 1 atom stereocenters. The van der Waals surface area contributed by atoms with Crippen molar-refractivity contribution in [3.8, 4) is 0 Å². The second-order valence-electron chi connectivity index (χ2n) is 4.43. The van der Waals surface area contributed by atoms with Crippen molar-refractivity contribution in [1.82, 2.24) is 10.3 Å². The summed E-state index contributed by atoms with van der Waals surface area (Å²) in [6.07, 6.45) is 0. The standard InChI is InChI=1S/C13H18N2O/c1-9(2)10(8-14-3)13-15-11-6-4-5-7-12(11)16-13/h4-7,9-10,14H,8H2,1-3H3. The fourth-order valence-corrected chi connectivity index (χ4v) is 1.88. The zero-order valence-corrected chi connectivity index (χ0v) is 10.0. The number of hydrogen-bond acceptors (Lipinski definition) is 3. The summed E-state index contributed by atoms with van der Waals surface area (Å²) in [5, 5.41) is 3.19. The van der Waals surface area contributed by atoms with Gasteiger partial charge in [-0.05, 0) is 25.1 Å². The van der Waals surface area contributed by atoms with E-state index in [4.69, 9.17) is 4.42 Å². The Morgan fingerprint density at radius 3 is 2.69 bits per heavy atom. The van der Waals surface area contributed by atoms with Crippen LogP contribution in [0.25, 0.3) is 11.1 Å². The van der Waals surface area contributed by atoms with Crippen molar-refractivity contribution < 1.29 is 4.42 Å². The van der Waals surface area contributed by atoms with Crippen LogP contribution in [-0.4, -0.2) is 18.6 Å². The first-order valence-electron chi connectivity index (χ1n) is 5.72. The first kappa shape index (κ1) is 11.1. The zero-order chi connectivity index (χ0) is 11.5. The molecule has 2 aromatic rings. The van der Waals surface area contributed by atoms with Gasteiger partial charge >= 0.3 is 0 Å². The highest BCUT2D eigenvalue weighted by Gasteiger charge is 2.20. The maximum absolute atomic E-state index is 5.79. The van der Waals surface area contributed by atoms with Crippen LogP contribution in [0.5, 0.6) is 0 Å². The summed E-state index contributed by atoms with van der Waals surface area (Å²) in [5.74, 6) is 1.68. The minimum atomic E-state index is 0.331. The molecule has 3 heteroatoms. The third-order valence-electron chi connectivity index (χ3n) is 2.86. The van der Waals surface area contributed by atoms with Crippen molar-refractivity contribution in [2.45, 2.75) is 19.8 Å². The molecular formula is C13H18N2O. The predicted octanol–water partition coefficient (Wildman–Crippen LogP) is 2.79. The van der Waals surface area contributed by atoms with E-state index in [0.717, 1.165) is 23.5 Å². The average Bonchev–Trinajstić information content (AvgIpc) is 2.68. The molecule has 0 bridgehead atoms. The van der Waals surface area contributed by atoms with Crippen LogP contribution in [0.4, 0.5) is 0 Å². The van der Waals surface area contributed by atoms with E-state index in [1.54, 1.807) is 0 Å². The minimum absolute atomic E-state index is 0.331. The zero-order valence-electron chi connectivity index (χ0n) is 10.0. The predicted molar refractivity (Wildman–Crippen MR) is 65.5 cm³/mol. The molecule has 1 unspecified atom stereocenters. The summed E-state index contributed by atoms with van der Waals surface area (Å²) in [4.78, 5) is 4.55. The lowest BCUT2D eigenvalue weighted by molar-refractivity contribution is 0.385. The van der Waals surface area contributed by atoms with Gasteiger partial charge in [-0.2, -0.15) is 0 Å². The highest BCUT2D eigenvalue weighted by molar-refractivity contribution is 5.72. The molecular weight excluding hydrogens is 200 g/mol. The SMILES string of the molecule is CNCC(c1nc2ccccc2o1)C(C)C. The molecule has 0 saturated heterocycles. The molecule has 0 saturated carbocycles. The second kappa shape index (κ2) is 4.66. The van der Waals surface area contributed by atoms with Gasteiger partial charge in [0.15, 0.2) is 11.5 Å². The van der Waals surface area contributed by atoms with Gasteiger partial charge < -0.3 is 9.73 Å². The quantitative estimate of drug-likeness (QED) is 0.857. The van der Waals surface area contributed by atoms with Crippen LogP contribution in [0.2, 0.25) is 0 Å². The van der Waals surface area contributed by atoms with E-state index < -0.39 is 0 Å². The van der Waals surface area contributed by atoms with Crippen LogP contribution in [0.3, 0.4) is 0 Å². The molecule has 0 amide bonds. The number of nitrogens with one attached hydrogen (secondary N) is 1. The molecule has 1 aromatic heterocycles. The van der Waals surface area contributed by atoms with Gasteiger partial charge in [-0.1, -0.05) is 26.0 Å². The van der Waals surface area contributed by atoms with Crippen LogP contribution in [0.1, 0.15) is 25.7 Å². The Morgan fingerprint density at radius 2 is 2.06 bits per heavy atom. The van der Waals surface area contributed by atoms with Gasteiger partial charge in [0.2, 0.25) is 0 Å². The molecule has 3 nitrogen and oxygen atoms in total. The smallest absolute Gasteiger partial charge is 0.200 e. The van der Waals surface area contributed by atoms with Crippen LogP contribution < -0.4 is 5.32 Å². The molecule has 0 radical (unpaired) electrons. The summed E-state index contributed by atoms with van der Waals surface area (Å²) in [6.45, 7) is 5.28. The van der Waals surface area contributed by atoms with E-state index in [0.29, 0.717) is 11.8 Å². The molecule has 0 spiro atoms. The van der Waals surface area contributed by atoms with E-state index in [9.17, 15) is 0 Å². The number of hydrogen-bond donors (Lipinski definition) is 1. The number of fused-ring (bicyclic) bond motifs is 1. The van der Waals surface area contributed by atoms with Gasteiger partial charge in [0.05, 0.1) is 5.92 Å². The van der Waals surface area contributed by atoms with E-state index in [2.05, 4.69) is 24.1 Å². The third-order valence-corrected chi connectivity index (χ3v) is 2.86. The minimum Gasteiger partial charge on any atom is -0.440 e. The Hall–Kier alpha value is -1.35. The Bertz CT molecular complexity index is 429. The number of oxazole rings is 1. The van der Waals surface area contributed by atoms with Gasteiger partial charge in [-0.25, -0.2) is 4.98 Å². The van der Waals surface area contributed by atoms with Crippen LogP contribution >= 0.6 is 0 Å². The Balaban J connectivity index is 2.37. The summed E-state index contributed by atoms with van der Waals surface area (Å²) in [6, 6.07) is 7.90. The molecule has 1 heterocycles. The number of likely N-dealkylation sites (N-methyl/N-ethyl adjacent to an activating group) is 1. The molecule has 0 aliphatic carbocycles. The normalized spacial score (nSPS) is 13.5. The van der Waals surface area contributed by atoms with Gasteiger partial charge in [-0.15, -0.1) is 0 Å². The lowest BCUT2D eigenvalue weighted by atomic mass is 9.96. The summed E-state index contributed by atoms with van der Waals surface area (Å²) >= 11 is 0. The van der Waals surface area contributed by atoms with E-state index in [1.165, 1.54) is 0 Å². The number of para-hydroxylation sites is 2. The largest absolute Gasteiger partial charge is 0.440 e. The fraction of sp³-hybridized carbons (Fsp3) is 0.462. The van der Waals surface area contributed by atoms with Crippen molar-refractivity contribution in [2.75, 3.05) is 13.6 Å². The van der Waals surface area contributed by atoms with E-state index >= 15 is 0 Å². The van der Waals surface area contributed by atoms with Crippen LogP contribution in [0.15, 0.2) is 28.7 Å². The number of rotatable bonds is 4. The van der Waals surface area contributed by atoms with Crippen molar-refractivity contribution in [3.05, 3.63) is 30.2 Å². The number of aromatic nitrogens is 1. The van der Waals surface area contributed by atoms with Gasteiger partial charge in [0.25, 0.3) is 0 Å². The first-order valence-corrected chi connectivity index (χ1v) is 5.72. The molecule has 0 aliphatic rings. The van der Waals surface area contributed by atoms with Crippen LogP contribution in [-0.2, 0) is 0 Å². The van der Waals surface area contributed by atoms with E-state index in [-0.39, 0.29) is 0 Å². The maximum atomic E-state index is 5.79. The fourth-order valence-electron chi connectivity index (χ4n) is 1.88. The molecule has 1 N–H and O–H groups in total. The average molecular weight is 218 g/mol. The Kier molecular flexibility index (Phi) is 3.25. The van der Waals surface area contributed by atoms with E-state index in [1.807, 2.05) is 31.3 Å². The van der Waals surface area contributed by atoms with Crippen LogP contribution in [0, 0.1) is 5.92 Å². The molecule has 1 aromatic carbocycles. The monoisotopic (exact) mass is 218 g/mol. The molecule has 2 rings (SSSR count). The molecule has 16 heavy (non-hydrogen) atoms. The highest BCUT2D eigenvalue weighted by atomic mass is 16.3. The van der Waals surface area contributed by atoms with Gasteiger partial charge in [0, 0.05) is 6.54 Å². The topological polar surface area (TPSA) is 38.1 Å². The summed E-state index contributed by atoms with van der Waals surface area (Å²) in [5.41, 5.74) is 1.82. The number of benzene rings is 1. The van der Waals surface area contributed by atoms with Crippen molar-refractivity contribution in [2.24, 2.45) is 5.92 Å². The van der Waals surface area contributed by atoms with Crippen molar-refractivity contribution in [1.29, 1.82) is 0 Å².